The quantitative estimate of drug-likeness (QED) is 0.292. The van der Waals surface area contributed by atoms with Gasteiger partial charge in [0.2, 0.25) is 0 Å². The zero-order valence-corrected chi connectivity index (χ0v) is 11.4. The van der Waals surface area contributed by atoms with E-state index in [1.807, 2.05) is 0 Å². The molecule has 7 heavy (non-hydrogen) atoms. The molecule has 0 unspecified atom stereocenters. The molecular weight excluding hydrogens is 222 g/mol. The van der Waals surface area contributed by atoms with Gasteiger partial charge in [0.15, 0.2) is 0 Å². The van der Waals surface area contributed by atoms with Crippen molar-refractivity contribution in [3.63, 3.8) is 0 Å². The van der Waals surface area contributed by atoms with Crippen molar-refractivity contribution in [2.24, 2.45) is 0 Å². The molecule has 7 heteroatoms. The number of hydrogen-bond acceptors (Lipinski definition) is 1. The Labute approximate surface area is 125 Å². The fourth-order valence-electron chi connectivity index (χ4n) is 0. The second-order valence-corrected chi connectivity index (χ2v) is 1.54. The van der Waals surface area contributed by atoms with Crippen LogP contribution in [-0.2, 0) is 4.57 Å². The molecule has 0 aromatic heterocycles. The summed E-state index contributed by atoms with van der Waals surface area (Å²) in [5, 5.41) is 0. The maximum atomic E-state index is 8.88. The van der Waals surface area contributed by atoms with Gasteiger partial charge in [0.25, 0.3) is 0 Å². The predicted molar refractivity (Wildman–Crippen MR) is 23.4 cm³/mol. The molecule has 0 radical (unpaired) electrons. The third-order valence-electron chi connectivity index (χ3n) is 0. The van der Waals surface area contributed by atoms with E-state index >= 15 is 0 Å². The van der Waals surface area contributed by atoms with E-state index in [0.29, 0.717) is 0 Å². The molecule has 0 aromatic carbocycles. The van der Waals surface area contributed by atoms with Crippen molar-refractivity contribution < 1.29 is 74.9 Å². The van der Waals surface area contributed by atoms with Crippen molar-refractivity contribution in [3.05, 3.63) is 0 Å². The van der Waals surface area contributed by atoms with Crippen LogP contribution in [0.4, 0.5) is 0 Å². The summed E-state index contributed by atoms with van der Waals surface area (Å²) < 4.78 is 8.88. The van der Waals surface area contributed by atoms with Gasteiger partial charge in [-0.3, -0.25) is 0 Å². The van der Waals surface area contributed by atoms with Crippen LogP contribution in [0.25, 0.3) is 0 Å². The normalized spacial score (nSPS) is 8.43. The van der Waals surface area contributed by atoms with Crippen LogP contribution in [0.1, 0.15) is 4.28 Å². The van der Waals surface area contributed by atoms with Gasteiger partial charge >= 0.3 is 105 Å². The standard InChI is InChI=1S/K.H3O4P.Sr.3H/c;1-5(2,3)4;;;;/h;(H3,1,2,3,4);;;;/q+1;;+2;3*-1. The van der Waals surface area contributed by atoms with E-state index < -0.39 is 7.82 Å². The van der Waals surface area contributed by atoms with Crippen molar-refractivity contribution in [2.75, 3.05) is 0 Å². The van der Waals surface area contributed by atoms with Crippen LogP contribution in [0.5, 0.6) is 0 Å². The van der Waals surface area contributed by atoms with Crippen LogP contribution in [0.3, 0.4) is 0 Å². The first kappa shape index (κ1) is 16.7. The Morgan fingerprint density at radius 3 is 1.29 bits per heavy atom. The SMILES string of the molecule is O=P(O)(O)O.[H-].[H-].[H-].[K+].[Sr+2]. The van der Waals surface area contributed by atoms with Crippen molar-refractivity contribution in [1.29, 1.82) is 0 Å². The van der Waals surface area contributed by atoms with E-state index in [4.69, 9.17) is 19.2 Å². The third-order valence-corrected chi connectivity index (χ3v) is 0. The summed E-state index contributed by atoms with van der Waals surface area (Å²) in [5.41, 5.74) is 0. The summed E-state index contributed by atoms with van der Waals surface area (Å²) in [4.78, 5) is 21.6. The molecule has 0 fully saturated rings. The third kappa shape index (κ3) is 46.3. The summed E-state index contributed by atoms with van der Waals surface area (Å²) in [6.45, 7) is 0. The maximum absolute atomic E-state index is 8.88. The molecule has 4 nitrogen and oxygen atoms in total. The van der Waals surface area contributed by atoms with Crippen molar-refractivity contribution >= 4 is 53.3 Å². The molecule has 0 saturated carbocycles. The Hall–Kier alpha value is 3.23. The molecule has 0 bridgehead atoms. The first-order valence-electron chi connectivity index (χ1n) is 0.783. The van der Waals surface area contributed by atoms with Gasteiger partial charge in [-0.25, -0.2) is 4.57 Å². The molecule has 0 aliphatic heterocycles. The molecule has 0 aliphatic rings. The monoisotopic (exact) mass is 228 g/mol. The smallest absolute Gasteiger partial charge is 1.00 e. The summed E-state index contributed by atoms with van der Waals surface area (Å²) in [6, 6.07) is 0. The van der Waals surface area contributed by atoms with E-state index in [2.05, 4.69) is 0 Å². The van der Waals surface area contributed by atoms with Gasteiger partial charge in [-0.05, 0) is 0 Å². The fraction of sp³-hybridized carbons (Fsp3) is 0. The first-order chi connectivity index (χ1) is 2.00. The first-order valence-corrected chi connectivity index (χ1v) is 2.35. The van der Waals surface area contributed by atoms with Gasteiger partial charge in [-0.15, -0.1) is 0 Å². The predicted octanol–water partition coefficient (Wildman–Crippen LogP) is -3.97. The average molecular weight is 228 g/mol. The molecule has 0 saturated heterocycles. The molecule has 0 aromatic rings. The van der Waals surface area contributed by atoms with Crippen molar-refractivity contribution in [3.8, 4) is 0 Å². The topological polar surface area (TPSA) is 77.8 Å². The Morgan fingerprint density at radius 2 is 1.29 bits per heavy atom. The molecule has 0 aliphatic carbocycles. The Bertz CT molecular complexity index is 66.6. The molecule has 0 amide bonds. The van der Waals surface area contributed by atoms with Gasteiger partial charge in [-0.1, -0.05) is 0 Å². The fourth-order valence-corrected chi connectivity index (χ4v) is 0. The molecule has 3 N–H and O–H groups in total. The minimum absolute atomic E-state index is 0. The second-order valence-electron chi connectivity index (χ2n) is 0.513. The molecule has 0 rings (SSSR count). The van der Waals surface area contributed by atoms with E-state index in [9.17, 15) is 0 Å². The van der Waals surface area contributed by atoms with Gasteiger partial charge in [0.1, 0.15) is 0 Å². The van der Waals surface area contributed by atoms with Gasteiger partial charge in [-0.2, -0.15) is 0 Å². The van der Waals surface area contributed by atoms with E-state index in [-0.39, 0.29) is 101 Å². The summed E-state index contributed by atoms with van der Waals surface area (Å²) in [7, 11) is -4.64. The van der Waals surface area contributed by atoms with Crippen molar-refractivity contribution in [2.45, 2.75) is 0 Å². The van der Waals surface area contributed by atoms with Crippen LogP contribution in [-0.4, -0.2) is 60.2 Å². The molecule has 0 atom stereocenters. The minimum Gasteiger partial charge on any atom is -1.00 e. The van der Waals surface area contributed by atoms with Crippen LogP contribution in [0, 0.1) is 0 Å². The summed E-state index contributed by atoms with van der Waals surface area (Å²) >= 11 is 0. The Balaban J connectivity index is -0.00000000800. The molecular formula is H6KO4PSr. The van der Waals surface area contributed by atoms with E-state index in [0.717, 1.165) is 0 Å². The molecule has 38 valence electrons. The molecule has 0 spiro atoms. The summed E-state index contributed by atoms with van der Waals surface area (Å²) in [6.07, 6.45) is 0. The zero-order valence-electron chi connectivity index (χ0n) is 6.90. The van der Waals surface area contributed by atoms with Gasteiger partial charge in [0, 0.05) is 0 Å². The maximum Gasteiger partial charge on any atom is 2.00 e. The van der Waals surface area contributed by atoms with Crippen LogP contribution >= 0.6 is 7.82 Å². The number of rotatable bonds is 0. The second kappa shape index (κ2) is 7.34. The van der Waals surface area contributed by atoms with E-state index in [1.54, 1.807) is 0 Å². The summed E-state index contributed by atoms with van der Waals surface area (Å²) in [5.74, 6) is 0. The van der Waals surface area contributed by atoms with Crippen LogP contribution in [0.2, 0.25) is 0 Å². The Kier molecular flexibility index (Phi) is 17.5. The number of phosphoric acid groups is 1. The van der Waals surface area contributed by atoms with Crippen molar-refractivity contribution in [1.82, 2.24) is 0 Å². The van der Waals surface area contributed by atoms with Gasteiger partial charge < -0.3 is 19.0 Å². The minimum atomic E-state index is -4.64. The Morgan fingerprint density at radius 1 is 1.29 bits per heavy atom. The largest absolute Gasteiger partial charge is 2.00 e. The molecule has 0 heterocycles. The average Bonchev–Trinajstić information content (AvgIpc) is 0.722. The number of hydrogen-bond donors (Lipinski definition) is 3. The van der Waals surface area contributed by atoms with Crippen LogP contribution in [0.15, 0.2) is 0 Å². The van der Waals surface area contributed by atoms with Crippen LogP contribution < -0.4 is 51.4 Å². The van der Waals surface area contributed by atoms with E-state index in [1.165, 1.54) is 0 Å². The van der Waals surface area contributed by atoms with Gasteiger partial charge in [0.05, 0.1) is 0 Å². The zero-order chi connectivity index (χ0) is 4.50.